The molecule has 2 N–H and O–H groups in total. The summed E-state index contributed by atoms with van der Waals surface area (Å²) < 4.78 is 5.00. The Morgan fingerprint density at radius 2 is 1.79 bits per heavy atom. The highest BCUT2D eigenvalue weighted by Crippen LogP contribution is 2.33. The van der Waals surface area contributed by atoms with Crippen LogP contribution in [0.4, 0.5) is 21.9 Å². The summed E-state index contributed by atoms with van der Waals surface area (Å²) >= 11 is 0. The quantitative estimate of drug-likeness (QED) is 0.703. The van der Waals surface area contributed by atoms with E-state index in [4.69, 9.17) is 4.74 Å². The molecule has 2 atom stereocenters. The van der Waals surface area contributed by atoms with Crippen molar-refractivity contribution < 1.29 is 23.9 Å². The van der Waals surface area contributed by atoms with E-state index >= 15 is 0 Å². The minimum Gasteiger partial charge on any atom is -0.447 e. The van der Waals surface area contributed by atoms with Crippen molar-refractivity contribution in [2.24, 2.45) is 11.8 Å². The summed E-state index contributed by atoms with van der Waals surface area (Å²) in [4.78, 5) is 52.0. The molecule has 3 aliphatic rings. The zero-order valence-electron chi connectivity index (χ0n) is 17.7. The molecule has 2 aromatic rings. The first-order chi connectivity index (χ1) is 16.0. The third-order valence-electron chi connectivity index (χ3n) is 6.10. The normalized spacial score (nSPS) is 22.0. The van der Waals surface area contributed by atoms with E-state index < -0.39 is 17.9 Å². The lowest BCUT2D eigenvalue weighted by atomic mass is 9.80. The molecule has 9 nitrogen and oxygen atoms in total. The highest BCUT2D eigenvalue weighted by atomic mass is 16.6. The zero-order chi connectivity index (χ0) is 22.9. The minimum atomic E-state index is -0.464. The second-order valence-electron chi connectivity index (χ2n) is 8.09. The van der Waals surface area contributed by atoms with Crippen LogP contribution < -0.4 is 20.7 Å². The maximum absolute atomic E-state index is 13.0. The van der Waals surface area contributed by atoms with Crippen molar-refractivity contribution >= 4 is 40.9 Å². The van der Waals surface area contributed by atoms with Crippen molar-refractivity contribution in [1.29, 1.82) is 0 Å². The first-order valence-electron chi connectivity index (χ1n) is 10.8. The number of nitrogens with zero attached hydrogens (tertiary/aromatic N) is 2. The van der Waals surface area contributed by atoms with Gasteiger partial charge < -0.3 is 10.1 Å². The Morgan fingerprint density at radius 3 is 2.58 bits per heavy atom. The summed E-state index contributed by atoms with van der Waals surface area (Å²) in [6.07, 6.45) is 4.45. The van der Waals surface area contributed by atoms with Gasteiger partial charge in [0.25, 0.3) is 5.91 Å². The number of carbonyl (C=O) groups is 4. The van der Waals surface area contributed by atoms with Crippen LogP contribution in [-0.2, 0) is 14.3 Å². The predicted octanol–water partition coefficient (Wildman–Crippen LogP) is 2.86. The number of benzene rings is 2. The summed E-state index contributed by atoms with van der Waals surface area (Å²) in [6.45, 7) is 0.686. The minimum absolute atomic E-state index is 0.195. The number of ether oxygens (including phenoxy) is 1. The maximum Gasteiger partial charge on any atom is 0.414 e. The average molecular weight is 446 g/mol. The van der Waals surface area contributed by atoms with Crippen LogP contribution in [0, 0.1) is 11.8 Å². The fraction of sp³-hybridized carbons (Fsp3) is 0.250. The molecule has 0 saturated carbocycles. The van der Waals surface area contributed by atoms with E-state index in [2.05, 4.69) is 10.7 Å². The Labute approximate surface area is 190 Å². The molecule has 2 aliphatic heterocycles. The number of para-hydroxylation sites is 2. The van der Waals surface area contributed by atoms with Crippen LogP contribution in [0.25, 0.3) is 0 Å². The van der Waals surface area contributed by atoms with Crippen molar-refractivity contribution in [2.45, 2.75) is 12.8 Å². The first-order valence-corrected chi connectivity index (χ1v) is 10.8. The molecule has 0 radical (unpaired) electrons. The number of allylic oxidation sites excluding steroid dienone is 2. The van der Waals surface area contributed by atoms with Crippen molar-refractivity contribution in [3.8, 4) is 0 Å². The Balaban J connectivity index is 1.38. The van der Waals surface area contributed by atoms with Gasteiger partial charge in [-0.3, -0.25) is 24.7 Å². The Bertz CT molecular complexity index is 1180. The van der Waals surface area contributed by atoms with Gasteiger partial charge in [0.1, 0.15) is 6.61 Å². The van der Waals surface area contributed by atoms with Crippen molar-refractivity contribution in [2.75, 3.05) is 28.4 Å². The number of cyclic esters (lactones) is 1. The van der Waals surface area contributed by atoms with Gasteiger partial charge in [0.05, 0.1) is 35.4 Å². The molecular formula is C24H22N4O5. The van der Waals surface area contributed by atoms with Gasteiger partial charge in [-0.1, -0.05) is 30.4 Å². The molecule has 0 spiro atoms. The molecule has 2 aromatic carbocycles. The lowest BCUT2D eigenvalue weighted by Crippen LogP contribution is -2.59. The van der Waals surface area contributed by atoms with E-state index in [0.717, 1.165) is 0 Å². The Morgan fingerprint density at radius 1 is 1.00 bits per heavy atom. The number of rotatable bonds is 4. The van der Waals surface area contributed by atoms with Crippen LogP contribution in [0.2, 0.25) is 0 Å². The molecule has 168 valence electrons. The van der Waals surface area contributed by atoms with Crippen LogP contribution in [0.15, 0.2) is 60.7 Å². The van der Waals surface area contributed by atoms with Gasteiger partial charge in [0, 0.05) is 5.56 Å². The fourth-order valence-corrected chi connectivity index (χ4v) is 4.39. The van der Waals surface area contributed by atoms with Gasteiger partial charge in [0.15, 0.2) is 0 Å². The number of carbonyl (C=O) groups excluding carboxylic acids is 4. The van der Waals surface area contributed by atoms with Crippen molar-refractivity contribution in [1.82, 2.24) is 5.43 Å². The predicted molar refractivity (Wildman–Crippen MR) is 121 cm³/mol. The van der Waals surface area contributed by atoms with E-state index in [9.17, 15) is 19.2 Å². The molecule has 2 heterocycles. The van der Waals surface area contributed by atoms with Gasteiger partial charge in [-0.05, 0) is 43.2 Å². The summed E-state index contributed by atoms with van der Waals surface area (Å²) in [7, 11) is 0. The molecular weight excluding hydrogens is 424 g/mol. The van der Waals surface area contributed by atoms with Gasteiger partial charge >= 0.3 is 6.09 Å². The maximum atomic E-state index is 13.0. The van der Waals surface area contributed by atoms with Crippen LogP contribution in [0.3, 0.4) is 0 Å². The monoisotopic (exact) mass is 446 g/mol. The number of hydrazine groups is 1. The molecule has 4 amide bonds. The standard InChI is InChI=1S/C24H22N4O5/c29-21(25-19-10-3-4-11-20(19)27-12-13-33-24(27)32)15-6-5-7-16(14-15)28-23(31)18-9-2-1-8-17(18)22(30)26-28/h1-7,10-11,14,17-18H,8-9,12-13H2,(H,25,29)(H,26,30). The number of fused-ring (bicyclic) bond motifs is 1. The molecule has 5 rings (SSSR count). The van der Waals surface area contributed by atoms with E-state index in [1.165, 1.54) is 9.91 Å². The summed E-state index contributed by atoms with van der Waals surface area (Å²) in [5.74, 6) is -1.58. The highest BCUT2D eigenvalue weighted by Gasteiger charge is 2.42. The van der Waals surface area contributed by atoms with Crippen molar-refractivity contribution in [3.63, 3.8) is 0 Å². The summed E-state index contributed by atoms with van der Waals surface area (Å²) in [6, 6.07) is 13.5. The van der Waals surface area contributed by atoms with Crippen LogP contribution in [0.5, 0.6) is 0 Å². The fourth-order valence-electron chi connectivity index (χ4n) is 4.39. The molecule has 2 unspecified atom stereocenters. The average Bonchev–Trinajstić information content (AvgIpc) is 3.27. The molecule has 0 bridgehead atoms. The third kappa shape index (κ3) is 3.82. The van der Waals surface area contributed by atoms with Gasteiger partial charge in [-0.2, -0.15) is 0 Å². The van der Waals surface area contributed by atoms with Crippen molar-refractivity contribution in [3.05, 3.63) is 66.2 Å². The smallest absolute Gasteiger partial charge is 0.414 e. The SMILES string of the molecule is O=C(Nc1ccccc1N1CCOC1=O)c1cccc(N2NC(=O)C3CC=CCC3C2=O)c1. The second kappa shape index (κ2) is 8.42. The van der Waals surface area contributed by atoms with Gasteiger partial charge in [-0.15, -0.1) is 0 Å². The van der Waals surface area contributed by atoms with Crippen LogP contribution in [-0.4, -0.2) is 37.0 Å². The van der Waals surface area contributed by atoms with Crippen LogP contribution in [0.1, 0.15) is 23.2 Å². The second-order valence-corrected chi connectivity index (χ2v) is 8.09. The number of anilines is 3. The van der Waals surface area contributed by atoms with E-state index in [1.807, 2.05) is 12.2 Å². The Hall–Kier alpha value is -4.14. The number of hydrogen-bond acceptors (Lipinski definition) is 5. The van der Waals surface area contributed by atoms with E-state index in [0.29, 0.717) is 42.0 Å². The lowest BCUT2D eigenvalue weighted by molar-refractivity contribution is -0.139. The topological polar surface area (TPSA) is 108 Å². The molecule has 9 heteroatoms. The number of nitrogens with one attached hydrogen (secondary N) is 2. The van der Waals surface area contributed by atoms with Crippen LogP contribution >= 0.6 is 0 Å². The first kappa shape index (κ1) is 20.7. The van der Waals surface area contributed by atoms with E-state index in [1.54, 1.807) is 48.5 Å². The number of amides is 4. The molecule has 2 fully saturated rings. The largest absolute Gasteiger partial charge is 0.447 e. The molecule has 1 aliphatic carbocycles. The molecule has 0 aromatic heterocycles. The zero-order valence-corrected chi connectivity index (χ0v) is 17.7. The van der Waals surface area contributed by atoms with E-state index in [-0.39, 0.29) is 24.3 Å². The lowest BCUT2D eigenvalue weighted by Gasteiger charge is -2.38. The molecule has 33 heavy (non-hydrogen) atoms. The summed E-state index contributed by atoms with van der Waals surface area (Å²) in [5, 5.41) is 4.06. The summed E-state index contributed by atoms with van der Waals surface area (Å²) in [5.41, 5.74) is 4.39. The van der Waals surface area contributed by atoms with Gasteiger partial charge in [-0.25, -0.2) is 9.80 Å². The molecule has 2 saturated heterocycles. The van der Waals surface area contributed by atoms with Gasteiger partial charge in [0.2, 0.25) is 11.8 Å². The highest BCUT2D eigenvalue weighted by molar-refractivity contribution is 6.09. The Kier molecular flexibility index (Phi) is 5.29. The number of hydrogen-bond donors (Lipinski definition) is 2. The third-order valence-corrected chi connectivity index (χ3v) is 6.10.